The third kappa shape index (κ3) is 1.51. The zero-order valence-electron chi connectivity index (χ0n) is 9.20. The highest BCUT2D eigenvalue weighted by Gasteiger charge is 2.29. The quantitative estimate of drug-likeness (QED) is 0.886. The molecule has 2 aromatic rings. The molecule has 0 aliphatic heterocycles. The Hall–Kier alpha value is -1.06. The van der Waals surface area contributed by atoms with Crippen LogP contribution in [-0.2, 0) is 6.54 Å². The van der Waals surface area contributed by atoms with Gasteiger partial charge in [0.25, 0.3) is 0 Å². The number of aromatic nitrogens is 2. The Morgan fingerprint density at radius 3 is 3.00 bits per heavy atom. The van der Waals surface area contributed by atoms with Gasteiger partial charge in [-0.1, -0.05) is 17.7 Å². The zero-order valence-corrected chi connectivity index (χ0v) is 9.96. The first-order chi connectivity index (χ1) is 7.81. The fraction of sp³-hybridized carbons (Fsp3) is 0.417. The first-order valence-corrected chi connectivity index (χ1v) is 5.99. The lowest BCUT2D eigenvalue weighted by Crippen LogP contribution is -2.10. The lowest BCUT2D eigenvalue weighted by Gasteiger charge is -2.07. The van der Waals surface area contributed by atoms with Crippen LogP contribution >= 0.6 is 11.6 Å². The van der Waals surface area contributed by atoms with E-state index in [0.29, 0.717) is 11.1 Å². The van der Waals surface area contributed by atoms with E-state index in [4.69, 9.17) is 11.6 Å². The number of pyridine rings is 1. The van der Waals surface area contributed by atoms with Gasteiger partial charge >= 0.3 is 0 Å². The van der Waals surface area contributed by atoms with Gasteiger partial charge in [0.15, 0.2) is 5.15 Å². The van der Waals surface area contributed by atoms with Gasteiger partial charge in [-0.25, -0.2) is 4.98 Å². The Kier molecular flexibility index (Phi) is 2.37. The van der Waals surface area contributed by atoms with Gasteiger partial charge in [0.1, 0.15) is 5.82 Å². The number of halogens is 1. The van der Waals surface area contributed by atoms with Gasteiger partial charge in [0.05, 0.1) is 5.52 Å². The van der Waals surface area contributed by atoms with Crippen LogP contribution in [0.2, 0.25) is 5.15 Å². The van der Waals surface area contributed by atoms with Crippen LogP contribution in [0.1, 0.15) is 30.3 Å². The maximum atomic E-state index is 6.17. The number of fused-ring (bicyclic) bond motifs is 1. The summed E-state index contributed by atoms with van der Waals surface area (Å²) in [6, 6.07) is 6.18. The minimum atomic E-state index is 0.609. The maximum Gasteiger partial charge on any atom is 0.155 e. The molecule has 1 aliphatic rings. The second kappa shape index (κ2) is 3.75. The average Bonchev–Trinajstić information content (AvgIpc) is 3.06. The molecule has 0 unspecified atom stereocenters. The SMILES string of the molecule is CNCc1cccc2c(Cl)nc(C3CC3)n12. The minimum Gasteiger partial charge on any atom is -0.314 e. The van der Waals surface area contributed by atoms with E-state index in [1.54, 1.807) is 0 Å². The Morgan fingerprint density at radius 2 is 2.31 bits per heavy atom. The first-order valence-electron chi connectivity index (χ1n) is 5.61. The fourth-order valence-corrected chi connectivity index (χ4v) is 2.36. The van der Waals surface area contributed by atoms with Gasteiger partial charge in [-0.2, -0.15) is 0 Å². The summed E-state index contributed by atoms with van der Waals surface area (Å²) in [5.41, 5.74) is 2.25. The Balaban J connectivity index is 2.25. The standard InChI is InChI=1S/C12H14ClN3/c1-14-7-9-3-2-4-10-11(13)15-12(16(9)10)8-5-6-8/h2-4,8,14H,5-7H2,1H3. The van der Waals surface area contributed by atoms with E-state index in [-0.39, 0.29) is 0 Å². The number of nitrogens with one attached hydrogen (secondary N) is 1. The summed E-state index contributed by atoms with van der Waals surface area (Å²) in [5.74, 6) is 1.74. The monoisotopic (exact) mass is 235 g/mol. The molecule has 1 fully saturated rings. The van der Waals surface area contributed by atoms with E-state index in [1.807, 2.05) is 19.2 Å². The highest BCUT2D eigenvalue weighted by Crippen LogP contribution is 2.41. The third-order valence-corrected chi connectivity index (χ3v) is 3.30. The van der Waals surface area contributed by atoms with Crippen LogP contribution in [0.25, 0.3) is 5.52 Å². The van der Waals surface area contributed by atoms with Crippen LogP contribution in [0.5, 0.6) is 0 Å². The summed E-state index contributed by atoms with van der Waals surface area (Å²) in [4.78, 5) is 4.50. The first kappa shape index (κ1) is 10.1. The second-order valence-corrected chi connectivity index (χ2v) is 4.66. The van der Waals surface area contributed by atoms with Gasteiger partial charge in [0.2, 0.25) is 0 Å². The van der Waals surface area contributed by atoms with E-state index < -0.39 is 0 Å². The Labute approximate surface area is 99.4 Å². The van der Waals surface area contributed by atoms with Gasteiger partial charge in [-0.05, 0) is 32.0 Å². The van der Waals surface area contributed by atoms with Crippen LogP contribution in [0.4, 0.5) is 0 Å². The highest BCUT2D eigenvalue weighted by atomic mass is 35.5. The van der Waals surface area contributed by atoms with Crippen LogP contribution in [0.3, 0.4) is 0 Å². The van der Waals surface area contributed by atoms with Crippen molar-refractivity contribution in [3.8, 4) is 0 Å². The molecule has 0 spiro atoms. The molecule has 84 valence electrons. The van der Waals surface area contributed by atoms with Gasteiger partial charge in [0, 0.05) is 18.2 Å². The average molecular weight is 236 g/mol. The summed E-state index contributed by atoms with van der Waals surface area (Å²) in [5, 5.41) is 3.81. The molecule has 1 aliphatic carbocycles. The van der Waals surface area contributed by atoms with E-state index in [2.05, 4.69) is 20.8 Å². The van der Waals surface area contributed by atoms with E-state index in [0.717, 1.165) is 17.9 Å². The Bertz CT molecular complexity index is 528. The van der Waals surface area contributed by atoms with Crippen molar-refractivity contribution in [2.75, 3.05) is 7.05 Å². The van der Waals surface area contributed by atoms with Crippen molar-refractivity contribution in [3.05, 3.63) is 34.9 Å². The smallest absolute Gasteiger partial charge is 0.155 e. The third-order valence-electron chi connectivity index (χ3n) is 3.02. The molecule has 2 heterocycles. The van der Waals surface area contributed by atoms with Crippen molar-refractivity contribution >= 4 is 17.1 Å². The molecule has 0 saturated heterocycles. The predicted octanol–water partition coefficient (Wildman–Crippen LogP) is 2.58. The van der Waals surface area contributed by atoms with Gasteiger partial charge in [-0.15, -0.1) is 0 Å². The molecule has 0 atom stereocenters. The molecule has 16 heavy (non-hydrogen) atoms. The summed E-state index contributed by atoms with van der Waals surface area (Å²) in [7, 11) is 1.95. The van der Waals surface area contributed by atoms with Crippen molar-refractivity contribution in [2.45, 2.75) is 25.3 Å². The molecule has 2 aromatic heterocycles. The molecule has 0 radical (unpaired) electrons. The van der Waals surface area contributed by atoms with E-state index in [9.17, 15) is 0 Å². The molecular formula is C12H14ClN3. The summed E-state index contributed by atoms with van der Waals surface area (Å²) in [6.45, 7) is 0.837. The predicted molar refractivity (Wildman–Crippen MR) is 64.9 cm³/mol. The number of rotatable bonds is 3. The number of imidazole rings is 1. The number of nitrogens with zero attached hydrogens (tertiary/aromatic N) is 2. The fourth-order valence-electron chi connectivity index (χ4n) is 2.13. The number of hydrogen-bond acceptors (Lipinski definition) is 2. The van der Waals surface area contributed by atoms with Crippen LogP contribution in [-0.4, -0.2) is 16.4 Å². The van der Waals surface area contributed by atoms with Gasteiger partial charge in [-0.3, -0.25) is 4.40 Å². The van der Waals surface area contributed by atoms with Crippen LogP contribution < -0.4 is 5.32 Å². The molecule has 0 aromatic carbocycles. The van der Waals surface area contributed by atoms with E-state index >= 15 is 0 Å². The maximum absolute atomic E-state index is 6.17. The minimum absolute atomic E-state index is 0.609. The second-order valence-electron chi connectivity index (χ2n) is 4.30. The lowest BCUT2D eigenvalue weighted by atomic mass is 10.3. The zero-order chi connectivity index (χ0) is 11.1. The van der Waals surface area contributed by atoms with E-state index in [1.165, 1.54) is 18.5 Å². The molecule has 3 rings (SSSR count). The van der Waals surface area contributed by atoms with Crippen molar-refractivity contribution < 1.29 is 0 Å². The number of hydrogen-bond donors (Lipinski definition) is 1. The molecular weight excluding hydrogens is 222 g/mol. The lowest BCUT2D eigenvalue weighted by molar-refractivity contribution is 0.758. The largest absolute Gasteiger partial charge is 0.314 e. The molecule has 1 N–H and O–H groups in total. The van der Waals surface area contributed by atoms with Crippen molar-refractivity contribution in [2.24, 2.45) is 0 Å². The Morgan fingerprint density at radius 1 is 1.50 bits per heavy atom. The topological polar surface area (TPSA) is 29.3 Å². The summed E-state index contributed by atoms with van der Waals surface area (Å²) in [6.07, 6.45) is 2.48. The van der Waals surface area contributed by atoms with Crippen molar-refractivity contribution in [1.82, 2.24) is 14.7 Å². The van der Waals surface area contributed by atoms with Crippen molar-refractivity contribution in [3.63, 3.8) is 0 Å². The summed E-state index contributed by atoms with van der Waals surface area (Å²) < 4.78 is 2.20. The van der Waals surface area contributed by atoms with Gasteiger partial charge < -0.3 is 5.32 Å². The molecule has 3 nitrogen and oxygen atoms in total. The highest BCUT2D eigenvalue weighted by molar-refractivity contribution is 6.32. The van der Waals surface area contributed by atoms with Crippen LogP contribution in [0, 0.1) is 0 Å². The van der Waals surface area contributed by atoms with Crippen LogP contribution in [0.15, 0.2) is 18.2 Å². The van der Waals surface area contributed by atoms with Crippen molar-refractivity contribution in [1.29, 1.82) is 0 Å². The molecule has 0 amide bonds. The molecule has 1 saturated carbocycles. The summed E-state index contributed by atoms with van der Waals surface area (Å²) >= 11 is 6.17. The molecule has 0 bridgehead atoms. The normalized spacial score (nSPS) is 15.9. The molecule has 4 heteroatoms.